The van der Waals surface area contributed by atoms with E-state index in [4.69, 9.17) is 15.7 Å². The molecule has 1 aromatic carbocycles. The molecule has 0 bridgehead atoms. The summed E-state index contributed by atoms with van der Waals surface area (Å²) in [6, 6.07) is 8.52. The van der Waals surface area contributed by atoms with Crippen LogP contribution in [0.1, 0.15) is 49.6 Å². The van der Waals surface area contributed by atoms with Gasteiger partial charge in [0.05, 0.1) is 22.3 Å². The van der Waals surface area contributed by atoms with Crippen molar-refractivity contribution in [1.82, 2.24) is 19.9 Å². The number of fused-ring (bicyclic) bond motifs is 3. The average Bonchev–Trinajstić information content (AvgIpc) is 3.50. The maximum absolute atomic E-state index is 13.4. The lowest BCUT2D eigenvalue weighted by atomic mass is 10.00. The quantitative estimate of drug-likeness (QED) is 0.542. The highest BCUT2D eigenvalue weighted by atomic mass is 32.1. The number of anilines is 2. The lowest BCUT2D eigenvalue weighted by Gasteiger charge is -2.28. The van der Waals surface area contributed by atoms with E-state index in [1.807, 2.05) is 36.5 Å². The Bertz CT molecular complexity index is 1240. The molecule has 10 heteroatoms. The van der Waals surface area contributed by atoms with Crippen LogP contribution < -0.4 is 16.0 Å². The Morgan fingerprint density at radius 2 is 1.91 bits per heavy atom. The van der Waals surface area contributed by atoms with Crippen molar-refractivity contribution in [3.05, 3.63) is 53.3 Å². The van der Waals surface area contributed by atoms with Crippen LogP contribution in [0, 0.1) is 0 Å². The minimum absolute atomic E-state index is 0.214. The van der Waals surface area contributed by atoms with Crippen LogP contribution in [-0.2, 0) is 17.6 Å². The maximum Gasteiger partial charge on any atom is 0.324 e. The van der Waals surface area contributed by atoms with Gasteiger partial charge in [-0.3, -0.25) is 10.1 Å². The number of nitrogens with one attached hydrogen (secondary N) is 1. The molecule has 182 valence electrons. The van der Waals surface area contributed by atoms with Gasteiger partial charge in [0.15, 0.2) is 5.13 Å². The van der Waals surface area contributed by atoms with Crippen LogP contribution in [0.15, 0.2) is 36.5 Å². The number of nitrogens with zero attached hydrogens (tertiary/aromatic N) is 5. The van der Waals surface area contributed by atoms with Gasteiger partial charge < -0.3 is 15.5 Å². The Morgan fingerprint density at radius 3 is 2.63 bits per heavy atom. The normalized spacial score (nSPS) is 18.6. The van der Waals surface area contributed by atoms with Crippen molar-refractivity contribution < 1.29 is 9.59 Å². The fourth-order valence-electron chi connectivity index (χ4n) is 4.98. The molecule has 1 saturated heterocycles. The van der Waals surface area contributed by atoms with Crippen LogP contribution in [0.5, 0.6) is 0 Å². The molecule has 1 aliphatic carbocycles. The molecule has 1 fully saturated rings. The topological polar surface area (TPSA) is 117 Å². The lowest BCUT2D eigenvalue weighted by Crippen LogP contribution is -2.46. The highest BCUT2D eigenvalue weighted by Crippen LogP contribution is 2.40. The average molecular weight is 492 g/mol. The molecule has 2 atom stereocenters. The van der Waals surface area contributed by atoms with E-state index in [0.29, 0.717) is 23.9 Å². The smallest absolute Gasteiger partial charge is 0.324 e. The fourth-order valence-corrected chi connectivity index (χ4v) is 6.01. The third-order valence-corrected chi connectivity index (χ3v) is 7.81. The van der Waals surface area contributed by atoms with Crippen molar-refractivity contribution in [3.63, 3.8) is 0 Å². The number of benzene rings is 1. The summed E-state index contributed by atoms with van der Waals surface area (Å²) in [7, 11) is 0. The number of nitrogens with two attached hydrogens (primary N) is 1. The molecule has 0 saturated carbocycles. The van der Waals surface area contributed by atoms with E-state index < -0.39 is 11.9 Å². The van der Waals surface area contributed by atoms with E-state index >= 15 is 0 Å². The van der Waals surface area contributed by atoms with Crippen molar-refractivity contribution >= 4 is 34.4 Å². The molecule has 3 amide bonds. The van der Waals surface area contributed by atoms with Gasteiger partial charge >= 0.3 is 6.03 Å². The predicted molar refractivity (Wildman–Crippen MR) is 136 cm³/mol. The summed E-state index contributed by atoms with van der Waals surface area (Å²) in [5, 5.41) is 3.45. The number of hydrogen-bond acceptors (Lipinski definition) is 7. The Kier molecular flexibility index (Phi) is 6.38. The van der Waals surface area contributed by atoms with E-state index in [9.17, 15) is 9.59 Å². The summed E-state index contributed by atoms with van der Waals surface area (Å²) in [6.07, 6.45) is 4.70. The zero-order chi connectivity index (χ0) is 24.5. The summed E-state index contributed by atoms with van der Waals surface area (Å²) in [6.45, 7) is 5.81. The molecule has 2 aliphatic rings. The van der Waals surface area contributed by atoms with Crippen LogP contribution in [-0.4, -0.2) is 50.9 Å². The van der Waals surface area contributed by atoms with Gasteiger partial charge in [-0.15, -0.1) is 0 Å². The zero-order valence-electron chi connectivity index (χ0n) is 19.9. The molecule has 3 N–H and O–H groups in total. The number of hydrogen-bond donors (Lipinski definition) is 2. The van der Waals surface area contributed by atoms with Gasteiger partial charge in [0.1, 0.15) is 6.04 Å². The first kappa shape index (κ1) is 23.2. The van der Waals surface area contributed by atoms with Gasteiger partial charge in [0, 0.05) is 19.3 Å². The summed E-state index contributed by atoms with van der Waals surface area (Å²) in [4.78, 5) is 44.4. The van der Waals surface area contributed by atoms with Crippen molar-refractivity contribution in [1.29, 1.82) is 0 Å². The number of carbonyl (C=O) groups is 2. The number of aryl methyl sites for hydroxylation is 2. The first-order valence-electron chi connectivity index (χ1n) is 12.0. The highest BCUT2D eigenvalue weighted by molar-refractivity contribution is 7.19. The van der Waals surface area contributed by atoms with E-state index in [1.54, 1.807) is 4.90 Å². The molecule has 0 spiro atoms. The van der Waals surface area contributed by atoms with Crippen LogP contribution in [0.25, 0.3) is 10.6 Å². The van der Waals surface area contributed by atoms with Crippen LogP contribution in [0.2, 0.25) is 0 Å². The first-order chi connectivity index (χ1) is 17.0. The fraction of sp³-hybridized carbons (Fsp3) is 0.400. The summed E-state index contributed by atoms with van der Waals surface area (Å²) < 4.78 is 0. The third kappa shape index (κ3) is 4.34. The van der Waals surface area contributed by atoms with Crippen LogP contribution >= 0.6 is 11.3 Å². The third-order valence-electron chi connectivity index (χ3n) is 6.79. The SMILES string of the molecule is CCN(CC)c1ncc2c(n1)-c1sc(NC(=O)N3C(C(N)=O)CCC3c3ccccc3)nc1CC2. The van der Waals surface area contributed by atoms with Gasteiger partial charge in [-0.05, 0) is 50.7 Å². The molecule has 5 rings (SSSR count). The van der Waals surface area contributed by atoms with Crippen LogP contribution in [0.3, 0.4) is 0 Å². The van der Waals surface area contributed by atoms with Crippen molar-refractivity contribution in [3.8, 4) is 10.6 Å². The lowest BCUT2D eigenvalue weighted by molar-refractivity contribution is -0.121. The highest BCUT2D eigenvalue weighted by Gasteiger charge is 2.41. The number of likely N-dealkylation sites (tertiary alicyclic amines) is 1. The van der Waals surface area contributed by atoms with Crippen molar-refractivity contribution in [2.24, 2.45) is 5.73 Å². The molecule has 3 aromatic rings. The number of thiazole rings is 1. The number of urea groups is 1. The monoisotopic (exact) mass is 491 g/mol. The predicted octanol–water partition coefficient (Wildman–Crippen LogP) is 3.77. The summed E-state index contributed by atoms with van der Waals surface area (Å²) in [5.41, 5.74) is 9.55. The van der Waals surface area contributed by atoms with Gasteiger partial charge in [0.2, 0.25) is 11.9 Å². The zero-order valence-corrected chi connectivity index (χ0v) is 20.7. The minimum Gasteiger partial charge on any atom is -0.368 e. The second-order valence-corrected chi connectivity index (χ2v) is 9.77. The second kappa shape index (κ2) is 9.61. The van der Waals surface area contributed by atoms with Crippen LogP contribution in [0.4, 0.5) is 15.9 Å². The molecule has 9 nitrogen and oxygen atoms in total. The maximum atomic E-state index is 13.4. The molecule has 2 unspecified atom stereocenters. The van der Waals surface area contributed by atoms with Gasteiger partial charge in [0.25, 0.3) is 0 Å². The number of carbonyl (C=O) groups excluding carboxylic acids is 2. The van der Waals surface area contributed by atoms with Gasteiger partial charge in [-0.25, -0.2) is 19.7 Å². The van der Waals surface area contributed by atoms with Gasteiger partial charge in [-0.1, -0.05) is 41.7 Å². The van der Waals surface area contributed by atoms with Crippen molar-refractivity contribution in [2.75, 3.05) is 23.3 Å². The molecule has 35 heavy (non-hydrogen) atoms. The number of amides is 3. The van der Waals surface area contributed by atoms with E-state index in [2.05, 4.69) is 29.0 Å². The Balaban J connectivity index is 1.42. The molecular formula is C25H29N7O2S. The first-order valence-corrected chi connectivity index (χ1v) is 12.9. The molecule has 2 aromatic heterocycles. The molecular weight excluding hydrogens is 462 g/mol. The van der Waals surface area contributed by atoms with E-state index in [1.165, 1.54) is 11.3 Å². The van der Waals surface area contributed by atoms with E-state index in [-0.39, 0.29) is 12.1 Å². The largest absolute Gasteiger partial charge is 0.368 e. The molecule has 3 heterocycles. The minimum atomic E-state index is -0.653. The van der Waals surface area contributed by atoms with E-state index in [0.717, 1.165) is 53.3 Å². The number of primary amides is 1. The molecule has 1 aliphatic heterocycles. The Hall–Kier alpha value is -3.53. The summed E-state index contributed by atoms with van der Waals surface area (Å²) >= 11 is 1.41. The Labute approximate surface area is 208 Å². The number of aromatic nitrogens is 3. The standard InChI is InChI=1S/C25H29N7O2S/c1-3-31(4-2)23-27-14-16-10-11-17-21(20(16)29-23)35-24(28-17)30-25(34)32-18(12-13-19(32)22(26)33)15-8-6-5-7-9-15/h5-9,14,18-19H,3-4,10-13H2,1-2H3,(H2,26,33)(H,28,30,34). The number of rotatable bonds is 6. The van der Waals surface area contributed by atoms with Gasteiger partial charge in [-0.2, -0.15) is 0 Å². The second-order valence-electron chi connectivity index (χ2n) is 8.77. The van der Waals surface area contributed by atoms with Crippen molar-refractivity contribution in [2.45, 2.75) is 51.6 Å². The molecule has 0 radical (unpaired) electrons. The summed E-state index contributed by atoms with van der Waals surface area (Å²) in [5.74, 6) is 0.208. The Morgan fingerprint density at radius 1 is 1.14 bits per heavy atom.